The lowest BCUT2D eigenvalue weighted by Crippen LogP contribution is -1.83. The summed E-state index contributed by atoms with van der Waals surface area (Å²) < 4.78 is 0. The van der Waals surface area contributed by atoms with Gasteiger partial charge in [0, 0.05) is 0 Å². The van der Waals surface area contributed by atoms with Crippen molar-refractivity contribution < 1.29 is 0 Å². The zero-order valence-electron chi connectivity index (χ0n) is 9.62. The highest BCUT2D eigenvalue weighted by atomic mass is 14.0. The van der Waals surface area contributed by atoms with Crippen LogP contribution in [0.2, 0.25) is 0 Å². The molecule has 15 heavy (non-hydrogen) atoms. The lowest BCUT2D eigenvalue weighted by atomic mass is 10.0. The van der Waals surface area contributed by atoms with Gasteiger partial charge in [0.05, 0.1) is 0 Å². The molecule has 0 aliphatic rings. The van der Waals surface area contributed by atoms with Crippen molar-refractivity contribution in [3.8, 4) is 0 Å². The van der Waals surface area contributed by atoms with Crippen LogP contribution < -0.4 is 0 Å². The molecule has 0 aromatic heterocycles. The second-order valence-corrected chi connectivity index (χ2v) is 3.30. The van der Waals surface area contributed by atoms with Crippen molar-refractivity contribution in [2.75, 3.05) is 0 Å². The van der Waals surface area contributed by atoms with Crippen LogP contribution in [0.15, 0.2) is 30.4 Å². The molecule has 0 bridgehead atoms. The van der Waals surface area contributed by atoms with Crippen molar-refractivity contribution in [2.24, 2.45) is 0 Å². The van der Waals surface area contributed by atoms with Crippen LogP contribution in [0.25, 0.3) is 18.2 Å². The Kier molecular flexibility index (Phi) is 4.62. The Morgan fingerprint density at radius 3 is 2.20 bits per heavy atom. The first-order valence-corrected chi connectivity index (χ1v) is 5.25. The molecule has 1 aromatic rings. The minimum absolute atomic E-state index is 1.14. The molecule has 0 heteroatoms. The molecule has 0 fully saturated rings. The molecular weight excluding hydrogens is 180 g/mol. The van der Waals surface area contributed by atoms with Crippen molar-refractivity contribution in [3.05, 3.63) is 53.1 Å². The molecule has 0 saturated carbocycles. The Morgan fingerprint density at radius 2 is 1.60 bits per heavy atom. The molecule has 77 valence electrons. The van der Waals surface area contributed by atoms with Gasteiger partial charge < -0.3 is 0 Å². The van der Waals surface area contributed by atoms with Gasteiger partial charge in [0.25, 0.3) is 0 Å². The highest BCUT2D eigenvalue weighted by molar-refractivity contribution is 5.68. The van der Waals surface area contributed by atoms with E-state index < -0.39 is 0 Å². The van der Waals surface area contributed by atoms with Gasteiger partial charge in [0.15, 0.2) is 0 Å². The summed E-state index contributed by atoms with van der Waals surface area (Å²) in [4.78, 5) is 0. The third kappa shape index (κ3) is 3.25. The van der Waals surface area contributed by atoms with E-state index in [2.05, 4.69) is 36.4 Å². The third-order valence-corrected chi connectivity index (χ3v) is 2.07. The molecular formula is C15H17. The zero-order valence-corrected chi connectivity index (χ0v) is 9.62. The number of allylic oxidation sites excluding steroid dienone is 3. The van der Waals surface area contributed by atoms with Crippen molar-refractivity contribution in [1.82, 2.24) is 0 Å². The summed E-state index contributed by atoms with van der Waals surface area (Å²) in [6.45, 7) is 6.07. The zero-order chi connectivity index (χ0) is 11.1. The summed E-state index contributed by atoms with van der Waals surface area (Å²) in [5, 5.41) is 0. The van der Waals surface area contributed by atoms with Crippen molar-refractivity contribution in [3.63, 3.8) is 0 Å². The Hall–Kier alpha value is -1.56. The van der Waals surface area contributed by atoms with E-state index in [4.69, 9.17) is 0 Å². The quantitative estimate of drug-likeness (QED) is 0.665. The van der Waals surface area contributed by atoms with E-state index in [9.17, 15) is 0 Å². The maximum absolute atomic E-state index is 3.29. The molecule has 0 aliphatic heterocycles. The lowest BCUT2D eigenvalue weighted by Gasteiger charge is -2.02. The smallest absolute Gasteiger partial charge is 0.00931 e. The van der Waals surface area contributed by atoms with Gasteiger partial charge in [-0.1, -0.05) is 36.5 Å². The topological polar surface area (TPSA) is 0 Å². The number of hydrogen-bond acceptors (Lipinski definition) is 0. The minimum atomic E-state index is 1.14. The van der Waals surface area contributed by atoms with E-state index in [0.29, 0.717) is 0 Å². The van der Waals surface area contributed by atoms with Gasteiger partial charge >= 0.3 is 0 Å². The number of rotatable bonds is 3. The molecule has 0 atom stereocenters. The summed E-state index contributed by atoms with van der Waals surface area (Å²) in [5.74, 6) is 0. The normalized spacial score (nSPS) is 12.2. The molecule has 0 unspecified atom stereocenters. The van der Waals surface area contributed by atoms with Crippen molar-refractivity contribution >= 4 is 18.2 Å². The average Bonchev–Trinajstić information content (AvgIpc) is 2.23. The van der Waals surface area contributed by atoms with Crippen LogP contribution in [-0.2, 0) is 0 Å². The first-order chi connectivity index (χ1) is 7.31. The first kappa shape index (κ1) is 11.5. The fraction of sp³-hybridized carbons (Fsp3) is 0.200. The highest BCUT2D eigenvalue weighted by Gasteiger charge is 1.96. The van der Waals surface area contributed by atoms with E-state index >= 15 is 0 Å². The monoisotopic (exact) mass is 197 g/mol. The molecule has 0 N–H and O–H groups in total. The standard InChI is InChI=1S/C15H17/c1-4-7-13-10-11-14(8-5-2)15(12-13)9-6-3/h4-10,12H,1-3H3. The van der Waals surface area contributed by atoms with E-state index in [0.717, 1.165) is 5.56 Å². The molecule has 0 saturated heterocycles. The molecule has 0 amide bonds. The van der Waals surface area contributed by atoms with Gasteiger partial charge in [-0.25, -0.2) is 0 Å². The first-order valence-electron chi connectivity index (χ1n) is 5.25. The Morgan fingerprint density at radius 1 is 0.933 bits per heavy atom. The maximum atomic E-state index is 3.29. The fourth-order valence-electron chi connectivity index (χ4n) is 1.46. The van der Waals surface area contributed by atoms with Gasteiger partial charge in [-0.05, 0) is 55.7 Å². The average molecular weight is 197 g/mol. The second-order valence-electron chi connectivity index (χ2n) is 3.30. The van der Waals surface area contributed by atoms with Crippen LogP contribution in [0.4, 0.5) is 0 Å². The fourth-order valence-corrected chi connectivity index (χ4v) is 1.46. The molecule has 1 aromatic carbocycles. The molecule has 0 spiro atoms. The predicted molar refractivity (Wildman–Crippen MR) is 69.4 cm³/mol. The minimum Gasteiger partial charge on any atom is -0.0871 e. The number of hydrogen-bond donors (Lipinski definition) is 0. The Labute approximate surface area is 92.6 Å². The van der Waals surface area contributed by atoms with E-state index in [1.54, 1.807) is 0 Å². The van der Waals surface area contributed by atoms with Crippen LogP contribution in [0.1, 0.15) is 37.5 Å². The van der Waals surface area contributed by atoms with E-state index in [-0.39, 0.29) is 0 Å². The Balaban J connectivity index is 3.19. The van der Waals surface area contributed by atoms with Crippen LogP contribution in [-0.4, -0.2) is 0 Å². The molecule has 1 rings (SSSR count). The number of benzene rings is 1. The lowest BCUT2D eigenvalue weighted by molar-refractivity contribution is 1.55. The summed E-state index contributed by atoms with van der Waals surface area (Å²) in [6.07, 6.45) is 12.4. The third-order valence-electron chi connectivity index (χ3n) is 2.07. The van der Waals surface area contributed by atoms with Crippen LogP contribution in [0.3, 0.4) is 0 Å². The highest BCUT2D eigenvalue weighted by Crippen LogP contribution is 2.16. The predicted octanol–water partition coefficient (Wildman–Crippen LogP) is 4.59. The summed E-state index contributed by atoms with van der Waals surface area (Å²) in [7, 11) is 0. The van der Waals surface area contributed by atoms with E-state index in [1.165, 1.54) is 11.1 Å². The van der Waals surface area contributed by atoms with Gasteiger partial charge in [-0.3, -0.25) is 0 Å². The Bertz CT molecular complexity index is 392. The summed E-state index contributed by atoms with van der Waals surface area (Å²) in [6, 6.07) is 7.48. The SMILES string of the molecule is CC=Cc1c[c]c(C=CC)c(C=CC)c1. The molecule has 0 nitrogen and oxygen atoms in total. The van der Waals surface area contributed by atoms with Crippen LogP contribution >= 0.6 is 0 Å². The summed E-state index contributed by atoms with van der Waals surface area (Å²) >= 11 is 0. The second kappa shape index (κ2) is 6.02. The van der Waals surface area contributed by atoms with Gasteiger partial charge in [0.1, 0.15) is 0 Å². The maximum Gasteiger partial charge on any atom is -0.00931 e. The molecule has 1 radical (unpaired) electrons. The van der Waals surface area contributed by atoms with E-state index in [1.807, 2.05) is 39.0 Å². The van der Waals surface area contributed by atoms with Crippen LogP contribution in [0.5, 0.6) is 0 Å². The largest absolute Gasteiger partial charge is 0.0871 e. The molecule has 0 heterocycles. The van der Waals surface area contributed by atoms with Gasteiger partial charge in [-0.2, -0.15) is 0 Å². The van der Waals surface area contributed by atoms with Gasteiger partial charge in [0.2, 0.25) is 0 Å². The summed E-state index contributed by atoms with van der Waals surface area (Å²) in [5.41, 5.74) is 3.55. The molecule has 0 aliphatic carbocycles. The van der Waals surface area contributed by atoms with Gasteiger partial charge in [-0.15, -0.1) is 0 Å². The van der Waals surface area contributed by atoms with Crippen molar-refractivity contribution in [1.29, 1.82) is 0 Å². The van der Waals surface area contributed by atoms with Crippen molar-refractivity contribution in [2.45, 2.75) is 20.8 Å². The van der Waals surface area contributed by atoms with Crippen LogP contribution in [0, 0.1) is 6.07 Å².